The van der Waals surface area contributed by atoms with Gasteiger partial charge in [0.15, 0.2) is 0 Å². The summed E-state index contributed by atoms with van der Waals surface area (Å²) in [5, 5.41) is 4.22. The molecule has 0 fully saturated rings. The molecule has 0 bridgehead atoms. The first kappa shape index (κ1) is 17.3. The van der Waals surface area contributed by atoms with Crippen molar-refractivity contribution in [2.45, 2.75) is 26.3 Å². The minimum Gasteiger partial charge on any atom is -0.326 e. The van der Waals surface area contributed by atoms with Crippen molar-refractivity contribution in [2.75, 3.05) is 18.4 Å². The van der Waals surface area contributed by atoms with E-state index >= 15 is 0 Å². The Kier molecular flexibility index (Phi) is 5.44. The summed E-state index contributed by atoms with van der Waals surface area (Å²) in [7, 11) is 0. The van der Waals surface area contributed by atoms with Crippen LogP contribution < -0.4 is 5.32 Å². The molecule has 1 aliphatic heterocycles. The molecule has 3 rings (SSSR count). The summed E-state index contributed by atoms with van der Waals surface area (Å²) < 4.78 is 0. The number of fused-ring (bicyclic) bond motifs is 1. The molecule has 0 atom stereocenters. The first-order valence-electron chi connectivity index (χ1n) is 8.06. The molecule has 5 heteroatoms. The van der Waals surface area contributed by atoms with E-state index in [1.165, 1.54) is 23.6 Å². The van der Waals surface area contributed by atoms with E-state index in [1.807, 2.05) is 18.2 Å². The van der Waals surface area contributed by atoms with Crippen molar-refractivity contribution >= 4 is 34.8 Å². The molecule has 1 heterocycles. The monoisotopic (exact) mass is 362 g/mol. The Balaban J connectivity index is 1.61. The van der Waals surface area contributed by atoms with Gasteiger partial charge in [-0.15, -0.1) is 0 Å². The van der Waals surface area contributed by atoms with Crippen LogP contribution in [0.25, 0.3) is 0 Å². The van der Waals surface area contributed by atoms with Crippen molar-refractivity contribution in [3.05, 3.63) is 63.1 Å². The summed E-state index contributed by atoms with van der Waals surface area (Å²) in [6.07, 6.45) is 1.93. The fourth-order valence-corrected chi connectivity index (χ4v) is 3.70. The molecular formula is C19H20Cl2N2O. The number of nitrogens with zero attached hydrogens (tertiary/aromatic N) is 1. The Bertz CT molecular complexity index is 741. The Morgan fingerprint density at radius 2 is 1.88 bits per heavy atom. The summed E-state index contributed by atoms with van der Waals surface area (Å²) >= 11 is 12.1. The van der Waals surface area contributed by atoms with Crippen LogP contribution in [-0.4, -0.2) is 23.9 Å². The summed E-state index contributed by atoms with van der Waals surface area (Å²) in [4.78, 5) is 13.6. The molecule has 1 aliphatic rings. The molecule has 0 saturated heterocycles. The number of benzene rings is 2. The fraction of sp³-hybridized carbons (Fsp3) is 0.316. The molecule has 0 saturated carbocycles. The number of amides is 1. The van der Waals surface area contributed by atoms with Crippen LogP contribution in [0.1, 0.15) is 23.6 Å². The third kappa shape index (κ3) is 4.50. The molecule has 0 unspecified atom stereocenters. The predicted molar refractivity (Wildman–Crippen MR) is 99.9 cm³/mol. The van der Waals surface area contributed by atoms with E-state index in [2.05, 4.69) is 22.3 Å². The average Bonchev–Trinajstić information content (AvgIpc) is 2.51. The Hall–Kier alpha value is -1.55. The lowest BCUT2D eigenvalue weighted by atomic mass is 9.98. The van der Waals surface area contributed by atoms with Gasteiger partial charge in [-0.25, -0.2) is 0 Å². The van der Waals surface area contributed by atoms with Gasteiger partial charge in [-0.2, -0.15) is 0 Å². The van der Waals surface area contributed by atoms with E-state index < -0.39 is 0 Å². The topological polar surface area (TPSA) is 32.3 Å². The van der Waals surface area contributed by atoms with E-state index in [0.717, 1.165) is 38.2 Å². The van der Waals surface area contributed by atoms with Crippen molar-refractivity contribution in [3.8, 4) is 0 Å². The van der Waals surface area contributed by atoms with Crippen LogP contribution in [0.4, 0.5) is 5.69 Å². The highest BCUT2D eigenvalue weighted by Gasteiger charge is 2.16. The molecule has 126 valence electrons. The van der Waals surface area contributed by atoms with E-state index in [0.29, 0.717) is 10.0 Å². The minimum atomic E-state index is -0.0347. The van der Waals surface area contributed by atoms with Crippen LogP contribution in [0.2, 0.25) is 10.0 Å². The second-order valence-electron chi connectivity index (χ2n) is 6.22. The maximum Gasteiger partial charge on any atom is 0.221 e. The average molecular weight is 363 g/mol. The van der Waals surface area contributed by atoms with E-state index in [4.69, 9.17) is 23.2 Å². The number of hydrogen-bond acceptors (Lipinski definition) is 2. The molecule has 0 radical (unpaired) electrons. The second-order valence-corrected chi connectivity index (χ2v) is 7.09. The van der Waals surface area contributed by atoms with Gasteiger partial charge >= 0.3 is 0 Å². The van der Waals surface area contributed by atoms with Crippen molar-refractivity contribution < 1.29 is 4.79 Å². The third-order valence-electron chi connectivity index (χ3n) is 4.26. The van der Waals surface area contributed by atoms with Gasteiger partial charge < -0.3 is 5.32 Å². The molecule has 2 aromatic carbocycles. The second kappa shape index (κ2) is 7.56. The van der Waals surface area contributed by atoms with Gasteiger partial charge in [-0.05, 0) is 59.9 Å². The molecule has 1 amide bonds. The largest absolute Gasteiger partial charge is 0.326 e. The summed E-state index contributed by atoms with van der Waals surface area (Å²) in [6, 6.07) is 11.9. The zero-order valence-electron chi connectivity index (χ0n) is 13.6. The Morgan fingerprint density at radius 1 is 1.12 bits per heavy atom. The van der Waals surface area contributed by atoms with Gasteiger partial charge in [0, 0.05) is 42.3 Å². The van der Waals surface area contributed by atoms with Gasteiger partial charge in [0.1, 0.15) is 0 Å². The standard InChI is InChI=1S/C19H20Cl2N2O/c1-13(24)22-19-3-2-16-12-23(7-5-15(16)10-19)6-4-14-8-17(20)11-18(21)9-14/h2-3,8-11H,4-7,12H2,1H3,(H,22,24). The van der Waals surface area contributed by atoms with Crippen LogP contribution in [0.3, 0.4) is 0 Å². The van der Waals surface area contributed by atoms with Crippen LogP contribution in [-0.2, 0) is 24.2 Å². The highest BCUT2D eigenvalue weighted by molar-refractivity contribution is 6.34. The van der Waals surface area contributed by atoms with Gasteiger partial charge in [-0.3, -0.25) is 9.69 Å². The first-order valence-corrected chi connectivity index (χ1v) is 8.82. The SMILES string of the molecule is CC(=O)Nc1ccc2c(c1)CCN(CCc1cc(Cl)cc(Cl)c1)C2. The van der Waals surface area contributed by atoms with E-state index in [-0.39, 0.29) is 5.91 Å². The molecular weight excluding hydrogens is 343 g/mol. The van der Waals surface area contributed by atoms with Crippen molar-refractivity contribution in [1.82, 2.24) is 4.90 Å². The maximum absolute atomic E-state index is 11.2. The minimum absolute atomic E-state index is 0.0347. The molecule has 2 aromatic rings. The normalized spacial score (nSPS) is 14.3. The van der Waals surface area contributed by atoms with Gasteiger partial charge in [0.25, 0.3) is 0 Å². The molecule has 0 aromatic heterocycles. The lowest BCUT2D eigenvalue weighted by Gasteiger charge is -2.29. The van der Waals surface area contributed by atoms with E-state index in [9.17, 15) is 4.79 Å². The van der Waals surface area contributed by atoms with Crippen LogP contribution >= 0.6 is 23.2 Å². The third-order valence-corrected chi connectivity index (χ3v) is 4.69. The molecule has 0 aliphatic carbocycles. The lowest BCUT2D eigenvalue weighted by Crippen LogP contribution is -2.32. The van der Waals surface area contributed by atoms with Crippen LogP contribution in [0.15, 0.2) is 36.4 Å². The molecule has 3 nitrogen and oxygen atoms in total. The number of carbonyl (C=O) groups excluding carboxylic acids is 1. The molecule has 1 N–H and O–H groups in total. The highest BCUT2D eigenvalue weighted by Crippen LogP contribution is 2.24. The lowest BCUT2D eigenvalue weighted by molar-refractivity contribution is -0.114. The highest BCUT2D eigenvalue weighted by atomic mass is 35.5. The van der Waals surface area contributed by atoms with Gasteiger partial charge in [-0.1, -0.05) is 29.3 Å². The predicted octanol–water partition coefficient (Wildman–Crippen LogP) is 4.55. The number of halogens is 2. The Labute approximate surface area is 152 Å². The van der Waals surface area contributed by atoms with Crippen molar-refractivity contribution in [3.63, 3.8) is 0 Å². The summed E-state index contributed by atoms with van der Waals surface area (Å²) in [6.45, 7) is 4.46. The van der Waals surface area contributed by atoms with Gasteiger partial charge in [0.2, 0.25) is 5.91 Å². The quantitative estimate of drug-likeness (QED) is 0.864. The number of anilines is 1. The number of hydrogen-bond donors (Lipinski definition) is 1. The van der Waals surface area contributed by atoms with Crippen LogP contribution in [0.5, 0.6) is 0 Å². The molecule has 24 heavy (non-hydrogen) atoms. The van der Waals surface area contributed by atoms with Crippen molar-refractivity contribution in [2.24, 2.45) is 0 Å². The number of nitrogens with one attached hydrogen (secondary N) is 1. The van der Waals surface area contributed by atoms with E-state index in [1.54, 1.807) is 6.07 Å². The summed E-state index contributed by atoms with van der Waals surface area (Å²) in [5.41, 5.74) is 4.70. The molecule has 0 spiro atoms. The first-order chi connectivity index (χ1) is 11.5. The van der Waals surface area contributed by atoms with Crippen molar-refractivity contribution in [1.29, 1.82) is 0 Å². The smallest absolute Gasteiger partial charge is 0.221 e. The zero-order chi connectivity index (χ0) is 17.1. The van der Waals surface area contributed by atoms with Gasteiger partial charge in [0.05, 0.1) is 0 Å². The fourth-order valence-electron chi connectivity index (χ4n) is 3.13. The zero-order valence-corrected chi connectivity index (χ0v) is 15.1. The maximum atomic E-state index is 11.2. The Morgan fingerprint density at radius 3 is 2.58 bits per heavy atom. The number of carbonyl (C=O) groups is 1. The summed E-state index contributed by atoms with van der Waals surface area (Å²) in [5.74, 6) is -0.0347. The van der Waals surface area contributed by atoms with Crippen LogP contribution in [0, 0.1) is 0 Å². The number of rotatable bonds is 4.